The minimum atomic E-state index is -1.04. The van der Waals surface area contributed by atoms with Gasteiger partial charge in [-0.05, 0) is 23.1 Å². The van der Waals surface area contributed by atoms with Crippen LogP contribution in [-0.2, 0) is 5.60 Å². The molecule has 0 aliphatic rings. The van der Waals surface area contributed by atoms with Gasteiger partial charge in [-0.3, -0.25) is 0 Å². The molecule has 1 unspecified atom stereocenters. The van der Waals surface area contributed by atoms with Gasteiger partial charge in [0, 0.05) is 11.6 Å². The second kappa shape index (κ2) is 4.12. The molecule has 0 spiro atoms. The summed E-state index contributed by atoms with van der Waals surface area (Å²) in [5.74, 6) is 0. The summed E-state index contributed by atoms with van der Waals surface area (Å²) in [6.07, 6.45) is 0. The molecule has 0 fully saturated rings. The summed E-state index contributed by atoms with van der Waals surface area (Å²) in [5.41, 5.74) is 5.08. The van der Waals surface area contributed by atoms with Gasteiger partial charge in [0.1, 0.15) is 5.60 Å². The molecule has 0 amide bonds. The van der Waals surface area contributed by atoms with Crippen LogP contribution < -0.4 is 5.73 Å². The lowest BCUT2D eigenvalue weighted by Gasteiger charge is -2.40. The van der Waals surface area contributed by atoms with Crippen LogP contribution >= 0.6 is 11.6 Å². The zero-order valence-electron chi connectivity index (χ0n) is 9.42. The summed E-state index contributed by atoms with van der Waals surface area (Å²) in [6.45, 7) is 6.05. The number of benzene rings is 1. The maximum absolute atomic E-state index is 10.6. The second-order valence-electron chi connectivity index (χ2n) is 4.82. The molecule has 0 aliphatic heterocycles. The number of nitrogens with two attached hydrogens (primary N) is 1. The Kier molecular flexibility index (Phi) is 3.44. The van der Waals surface area contributed by atoms with Crippen LogP contribution in [0.2, 0.25) is 5.02 Å². The van der Waals surface area contributed by atoms with E-state index in [4.69, 9.17) is 17.3 Å². The van der Waals surface area contributed by atoms with Crippen molar-refractivity contribution < 1.29 is 5.11 Å². The van der Waals surface area contributed by atoms with Crippen molar-refractivity contribution in [3.05, 3.63) is 34.9 Å². The number of halogens is 1. The fourth-order valence-corrected chi connectivity index (χ4v) is 1.79. The lowest BCUT2D eigenvalue weighted by atomic mass is 9.72. The van der Waals surface area contributed by atoms with Crippen LogP contribution in [0, 0.1) is 5.41 Å². The molecule has 0 radical (unpaired) electrons. The van der Waals surface area contributed by atoms with E-state index in [2.05, 4.69) is 0 Å². The Bertz CT molecular complexity index is 346. The van der Waals surface area contributed by atoms with Crippen molar-refractivity contribution in [3.63, 3.8) is 0 Å². The molecular weight excluding hydrogens is 210 g/mol. The van der Waals surface area contributed by atoms with Crippen molar-refractivity contribution in [2.75, 3.05) is 6.54 Å². The van der Waals surface area contributed by atoms with E-state index < -0.39 is 5.60 Å². The van der Waals surface area contributed by atoms with Gasteiger partial charge in [-0.2, -0.15) is 0 Å². The molecule has 0 saturated carbocycles. The van der Waals surface area contributed by atoms with E-state index in [9.17, 15) is 5.11 Å². The van der Waals surface area contributed by atoms with Gasteiger partial charge in [0.05, 0.1) is 0 Å². The Morgan fingerprint density at radius 2 is 1.93 bits per heavy atom. The maximum Gasteiger partial charge on any atom is 0.107 e. The zero-order valence-corrected chi connectivity index (χ0v) is 10.2. The van der Waals surface area contributed by atoms with Crippen LogP contribution in [0.15, 0.2) is 24.3 Å². The van der Waals surface area contributed by atoms with Crippen LogP contribution in [0.25, 0.3) is 0 Å². The summed E-state index contributed by atoms with van der Waals surface area (Å²) in [7, 11) is 0. The third kappa shape index (κ3) is 2.33. The minimum Gasteiger partial charge on any atom is -0.383 e. The number of hydrogen-bond donors (Lipinski definition) is 2. The van der Waals surface area contributed by atoms with Crippen LogP contribution in [0.1, 0.15) is 26.3 Å². The highest BCUT2D eigenvalue weighted by Crippen LogP contribution is 2.38. The molecule has 3 N–H and O–H groups in total. The van der Waals surface area contributed by atoms with Gasteiger partial charge in [-0.15, -0.1) is 0 Å². The summed E-state index contributed by atoms with van der Waals surface area (Å²) in [6, 6.07) is 7.22. The van der Waals surface area contributed by atoms with E-state index in [1.165, 1.54) is 0 Å². The minimum absolute atomic E-state index is 0.177. The van der Waals surface area contributed by atoms with Gasteiger partial charge in [0.15, 0.2) is 0 Å². The van der Waals surface area contributed by atoms with E-state index in [0.717, 1.165) is 5.56 Å². The van der Waals surface area contributed by atoms with Gasteiger partial charge in [-0.25, -0.2) is 0 Å². The average Bonchev–Trinajstić information content (AvgIpc) is 2.14. The van der Waals surface area contributed by atoms with Crippen LogP contribution in [0.5, 0.6) is 0 Å². The SMILES string of the molecule is CC(C)(C)C(O)(CN)c1cccc(Cl)c1. The molecule has 0 aliphatic carbocycles. The highest BCUT2D eigenvalue weighted by atomic mass is 35.5. The highest BCUT2D eigenvalue weighted by molar-refractivity contribution is 6.30. The van der Waals surface area contributed by atoms with Gasteiger partial charge in [0.2, 0.25) is 0 Å². The van der Waals surface area contributed by atoms with E-state index in [1.54, 1.807) is 12.1 Å². The first kappa shape index (κ1) is 12.5. The van der Waals surface area contributed by atoms with Crippen molar-refractivity contribution in [1.82, 2.24) is 0 Å². The maximum atomic E-state index is 10.6. The molecule has 2 nitrogen and oxygen atoms in total. The first-order chi connectivity index (χ1) is 6.81. The Balaban J connectivity index is 3.23. The molecule has 0 saturated heterocycles. The molecule has 15 heavy (non-hydrogen) atoms. The van der Waals surface area contributed by atoms with Gasteiger partial charge in [0.25, 0.3) is 0 Å². The van der Waals surface area contributed by atoms with E-state index in [-0.39, 0.29) is 12.0 Å². The molecule has 0 bridgehead atoms. The largest absolute Gasteiger partial charge is 0.383 e. The Morgan fingerprint density at radius 1 is 1.33 bits per heavy atom. The van der Waals surface area contributed by atoms with Gasteiger partial charge >= 0.3 is 0 Å². The molecule has 84 valence electrons. The second-order valence-corrected chi connectivity index (χ2v) is 5.26. The number of hydrogen-bond acceptors (Lipinski definition) is 2. The lowest BCUT2D eigenvalue weighted by Crippen LogP contribution is -2.46. The fourth-order valence-electron chi connectivity index (χ4n) is 1.60. The van der Waals surface area contributed by atoms with E-state index in [0.29, 0.717) is 5.02 Å². The first-order valence-corrected chi connectivity index (χ1v) is 5.37. The molecule has 1 atom stereocenters. The molecule has 1 rings (SSSR count). The van der Waals surface area contributed by atoms with E-state index >= 15 is 0 Å². The summed E-state index contributed by atoms with van der Waals surface area (Å²) in [4.78, 5) is 0. The van der Waals surface area contributed by atoms with Crippen LogP contribution in [0.4, 0.5) is 0 Å². The van der Waals surface area contributed by atoms with Crippen molar-refractivity contribution in [1.29, 1.82) is 0 Å². The van der Waals surface area contributed by atoms with Gasteiger partial charge < -0.3 is 10.8 Å². The van der Waals surface area contributed by atoms with Crippen LogP contribution in [-0.4, -0.2) is 11.7 Å². The van der Waals surface area contributed by atoms with Crippen molar-refractivity contribution >= 4 is 11.6 Å². The quantitative estimate of drug-likeness (QED) is 0.816. The zero-order chi connectivity index (χ0) is 11.7. The molecule has 0 heterocycles. The van der Waals surface area contributed by atoms with Crippen molar-refractivity contribution in [2.24, 2.45) is 11.1 Å². The normalized spacial score (nSPS) is 16.1. The smallest absolute Gasteiger partial charge is 0.107 e. The number of rotatable bonds is 2. The molecule has 1 aromatic rings. The molecule has 3 heteroatoms. The standard InChI is InChI=1S/C12H18ClNO/c1-11(2,3)12(15,8-14)9-5-4-6-10(13)7-9/h4-7,15H,8,14H2,1-3H3. The third-order valence-electron chi connectivity index (χ3n) is 2.84. The predicted molar refractivity (Wildman–Crippen MR) is 63.9 cm³/mol. The monoisotopic (exact) mass is 227 g/mol. The third-order valence-corrected chi connectivity index (χ3v) is 3.07. The number of aliphatic hydroxyl groups is 1. The highest BCUT2D eigenvalue weighted by Gasteiger charge is 2.40. The summed E-state index contributed by atoms with van der Waals surface area (Å²) in [5, 5.41) is 11.2. The Labute approximate surface area is 96.1 Å². The molecule has 1 aromatic carbocycles. The van der Waals surface area contributed by atoms with Crippen molar-refractivity contribution in [2.45, 2.75) is 26.4 Å². The molecule has 0 aromatic heterocycles. The fraction of sp³-hybridized carbons (Fsp3) is 0.500. The Hall–Kier alpha value is -0.570. The van der Waals surface area contributed by atoms with Gasteiger partial charge in [-0.1, -0.05) is 44.5 Å². The van der Waals surface area contributed by atoms with E-state index in [1.807, 2.05) is 32.9 Å². The average molecular weight is 228 g/mol. The topological polar surface area (TPSA) is 46.2 Å². The Morgan fingerprint density at radius 3 is 2.33 bits per heavy atom. The summed E-state index contributed by atoms with van der Waals surface area (Å²) < 4.78 is 0. The predicted octanol–water partition coefficient (Wildman–Crippen LogP) is 2.53. The summed E-state index contributed by atoms with van der Waals surface area (Å²) >= 11 is 5.91. The van der Waals surface area contributed by atoms with Crippen LogP contribution in [0.3, 0.4) is 0 Å². The molecular formula is C12H18ClNO. The lowest BCUT2D eigenvalue weighted by molar-refractivity contribution is -0.0557. The van der Waals surface area contributed by atoms with Crippen molar-refractivity contribution in [3.8, 4) is 0 Å². The first-order valence-electron chi connectivity index (χ1n) is 5.00.